The van der Waals surface area contributed by atoms with E-state index in [2.05, 4.69) is 11.4 Å². The van der Waals surface area contributed by atoms with E-state index in [1.165, 1.54) is 0 Å². The monoisotopic (exact) mass is 286 g/mol. The minimum atomic E-state index is -0.539. The second-order valence-corrected chi connectivity index (χ2v) is 5.59. The molecule has 0 bridgehead atoms. The number of hydrogen-bond donors (Lipinski definition) is 1. The molecule has 0 radical (unpaired) electrons. The molecule has 5 heteroatoms. The maximum Gasteiger partial charge on any atom is 0.106 e. The number of rotatable bonds is 12. The molecular weight excluding hydrogens is 256 g/mol. The molecule has 2 atom stereocenters. The molecular formula is C15H30N2O3. The molecule has 0 aromatic rings. The average molecular weight is 286 g/mol. The SMILES string of the molecule is COCCOCCCOC(C)CC(C)(C#N)NC(C)C. The largest absolute Gasteiger partial charge is 0.382 e. The number of nitrogens with zero attached hydrogens (tertiary/aromatic N) is 1. The van der Waals surface area contributed by atoms with E-state index in [1.807, 2.05) is 27.7 Å². The third-order valence-electron chi connectivity index (χ3n) is 2.82. The maximum absolute atomic E-state index is 9.28. The van der Waals surface area contributed by atoms with Crippen molar-refractivity contribution >= 4 is 0 Å². The van der Waals surface area contributed by atoms with Crippen LogP contribution in [0.3, 0.4) is 0 Å². The highest BCUT2D eigenvalue weighted by atomic mass is 16.5. The van der Waals surface area contributed by atoms with Gasteiger partial charge in [0.05, 0.1) is 25.4 Å². The summed E-state index contributed by atoms with van der Waals surface area (Å²) in [6, 6.07) is 2.61. The number of ether oxygens (including phenoxy) is 3. The van der Waals surface area contributed by atoms with Gasteiger partial charge in [-0.3, -0.25) is 5.32 Å². The van der Waals surface area contributed by atoms with Crippen molar-refractivity contribution in [3.05, 3.63) is 0 Å². The molecule has 0 aromatic carbocycles. The van der Waals surface area contributed by atoms with Crippen LogP contribution in [0.5, 0.6) is 0 Å². The molecule has 1 N–H and O–H groups in total. The maximum atomic E-state index is 9.28. The van der Waals surface area contributed by atoms with E-state index in [0.29, 0.717) is 32.8 Å². The van der Waals surface area contributed by atoms with Crippen LogP contribution in [0.1, 0.15) is 40.5 Å². The minimum Gasteiger partial charge on any atom is -0.382 e. The summed E-state index contributed by atoms with van der Waals surface area (Å²) in [6.07, 6.45) is 1.58. The normalized spacial score (nSPS) is 15.8. The molecule has 0 aliphatic heterocycles. The van der Waals surface area contributed by atoms with E-state index >= 15 is 0 Å². The zero-order valence-electron chi connectivity index (χ0n) is 13.6. The van der Waals surface area contributed by atoms with Gasteiger partial charge in [-0.15, -0.1) is 0 Å². The van der Waals surface area contributed by atoms with Crippen LogP contribution >= 0.6 is 0 Å². The van der Waals surface area contributed by atoms with Gasteiger partial charge in [-0.1, -0.05) is 0 Å². The van der Waals surface area contributed by atoms with Crippen molar-refractivity contribution < 1.29 is 14.2 Å². The fourth-order valence-corrected chi connectivity index (χ4v) is 2.10. The third kappa shape index (κ3) is 10.2. The first-order valence-electron chi connectivity index (χ1n) is 7.30. The van der Waals surface area contributed by atoms with E-state index in [1.54, 1.807) is 7.11 Å². The zero-order chi connectivity index (χ0) is 15.4. The average Bonchev–Trinajstić information content (AvgIpc) is 2.36. The number of hydrogen-bond acceptors (Lipinski definition) is 5. The van der Waals surface area contributed by atoms with Crippen molar-refractivity contribution in [1.29, 1.82) is 5.26 Å². The Morgan fingerprint density at radius 2 is 1.85 bits per heavy atom. The Labute approximate surface area is 123 Å². The summed E-state index contributed by atoms with van der Waals surface area (Å²) in [7, 11) is 1.66. The van der Waals surface area contributed by atoms with Crippen LogP contribution in [-0.4, -0.2) is 51.2 Å². The summed E-state index contributed by atoms with van der Waals surface area (Å²) in [5.41, 5.74) is -0.539. The summed E-state index contributed by atoms with van der Waals surface area (Å²) in [6.45, 7) is 10.6. The molecule has 5 nitrogen and oxygen atoms in total. The lowest BCUT2D eigenvalue weighted by Gasteiger charge is -2.28. The van der Waals surface area contributed by atoms with Gasteiger partial charge in [-0.25, -0.2) is 0 Å². The van der Waals surface area contributed by atoms with Gasteiger partial charge in [0.2, 0.25) is 0 Å². The van der Waals surface area contributed by atoms with Crippen molar-refractivity contribution in [3.63, 3.8) is 0 Å². The number of nitriles is 1. The van der Waals surface area contributed by atoms with Gasteiger partial charge in [0.15, 0.2) is 0 Å². The summed E-state index contributed by atoms with van der Waals surface area (Å²) in [4.78, 5) is 0. The Bertz CT molecular complexity index is 279. The predicted molar refractivity (Wildman–Crippen MR) is 79.6 cm³/mol. The van der Waals surface area contributed by atoms with Crippen LogP contribution < -0.4 is 5.32 Å². The minimum absolute atomic E-state index is 0.0462. The Kier molecular flexibility index (Phi) is 10.7. The van der Waals surface area contributed by atoms with Crippen LogP contribution in [0.25, 0.3) is 0 Å². The molecule has 0 heterocycles. The van der Waals surface area contributed by atoms with E-state index in [9.17, 15) is 5.26 Å². The fourth-order valence-electron chi connectivity index (χ4n) is 2.10. The molecule has 20 heavy (non-hydrogen) atoms. The van der Waals surface area contributed by atoms with E-state index in [-0.39, 0.29) is 12.1 Å². The predicted octanol–water partition coefficient (Wildman–Crippen LogP) is 2.11. The Morgan fingerprint density at radius 3 is 2.40 bits per heavy atom. The van der Waals surface area contributed by atoms with E-state index in [0.717, 1.165) is 6.42 Å². The van der Waals surface area contributed by atoms with Crippen LogP contribution in [0, 0.1) is 11.3 Å². The fraction of sp³-hybridized carbons (Fsp3) is 0.933. The van der Waals surface area contributed by atoms with Crippen LogP contribution in [0.15, 0.2) is 0 Å². The first kappa shape index (κ1) is 19.3. The summed E-state index contributed by atoms with van der Waals surface area (Å²) in [5, 5.41) is 12.6. The van der Waals surface area contributed by atoms with Crippen LogP contribution in [0.4, 0.5) is 0 Å². The highest BCUT2D eigenvalue weighted by molar-refractivity contribution is 5.05. The lowest BCUT2D eigenvalue weighted by molar-refractivity contribution is 0.0206. The molecule has 0 saturated heterocycles. The first-order chi connectivity index (χ1) is 9.43. The molecule has 0 aromatic heterocycles. The molecule has 0 aliphatic rings. The number of nitrogens with one attached hydrogen (secondary N) is 1. The Hall–Kier alpha value is -0.670. The molecule has 2 unspecified atom stereocenters. The lowest BCUT2D eigenvalue weighted by atomic mass is 9.95. The summed E-state index contributed by atoms with van der Waals surface area (Å²) in [5.74, 6) is 0. The van der Waals surface area contributed by atoms with Gasteiger partial charge in [-0.05, 0) is 34.1 Å². The third-order valence-corrected chi connectivity index (χ3v) is 2.82. The highest BCUT2D eigenvalue weighted by Crippen LogP contribution is 2.14. The van der Waals surface area contributed by atoms with Crippen molar-refractivity contribution in [2.75, 3.05) is 33.5 Å². The van der Waals surface area contributed by atoms with Crippen molar-refractivity contribution in [1.82, 2.24) is 5.32 Å². The van der Waals surface area contributed by atoms with Crippen LogP contribution in [0.2, 0.25) is 0 Å². The van der Waals surface area contributed by atoms with Crippen molar-refractivity contribution in [2.24, 2.45) is 0 Å². The molecule has 118 valence electrons. The van der Waals surface area contributed by atoms with E-state index in [4.69, 9.17) is 14.2 Å². The van der Waals surface area contributed by atoms with Gasteiger partial charge in [0.1, 0.15) is 5.54 Å². The highest BCUT2D eigenvalue weighted by Gasteiger charge is 2.27. The standard InChI is InChI=1S/C15H30N2O3/c1-13(2)17-15(4,12-16)11-14(3)20-8-6-7-19-10-9-18-5/h13-14,17H,6-11H2,1-5H3. The van der Waals surface area contributed by atoms with Gasteiger partial charge < -0.3 is 14.2 Å². The quantitative estimate of drug-likeness (QED) is 0.557. The van der Waals surface area contributed by atoms with Gasteiger partial charge in [0.25, 0.3) is 0 Å². The molecule has 0 amide bonds. The smallest absolute Gasteiger partial charge is 0.106 e. The van der Waals surface area contributed by atoms with Gasteiger partial charge in [0, 0.05) is 32.8 Å². The lowest BCUT2D eigenvalue weighted by Crippen LogP contribution is -2.47. The van der Waals surface area contributed by atoms with E-state index < -0.39 is 5.54 Å². The first-order valence-corrected chi connectivity index (χ1v) is 7.30. The van der Waals surface area contributed by atoms with Crippen LogP contribution in [-0.2, 0) is 14.2 Å². The topological polar surface area (TPSA) is 63.5 Å². The number of methoxy groups -OCH3 is 1. The molecule has 0 saturated carbocycles. The van der Waals surface area contributed by atoms with Gasteiger partial charge >= 0.3 is 0 Å². The van der Waals surface area contributed by atoms with Gasteiger partial charge in [-0.2, -0.15) is 5.26 Å². The second-order valence-electron chi connectivity index (χ2n) is 5.59. The Morgan fingerprint density at radius 1 is 1.15 bits per heavy atom. The molecule has 0 rings (SSSR count). The molecule has 0 spiro atoms. The molecule has 0 fully saturated rings. The zero-order valence-corrected chi connectivity index (χ0v) is 13.6. The Balaban J connectivity index is 3.76. The summed E-state index contributed by atoms with van der Waals surface area (Å²) >= 11 is 0. The second kappa shape index (κ2) is 11.0. The molecule has 0 aliphatic carbocycles. The summed E-state index contributed by atoms with van der Waals surface area (Å²) < 4.78 is 16.0. The van der Waals surface area contributed by atoms with Crippen molar-refractivity contribution in [3.8, 4) is 6.07 Å². The van der Waals surface area contributed by atoms with Crippen molar-refractivity contribution in [2.45, 2.75) is 58.2 Å².